The molecule has 1 fully saturated rings. The van der Waals surface area contributed by atoms with Crippen LogP contribution in [-0.2, 0) is 10.2 Å². The molecule has 16 heavy (non-hydrogen) atoms. The van der Waals surface area contributed by atoms with Gasteiger partial charge < -0.3 is 14.7 Å². The summed E-state index contributed by atoms with van der Waals surface area (Å²) < 4.78 is 0. The predicted octanol–water partition coefficient (Wildman–Crippen LogP) is -2.32. The maximum atomic E-state index is 11.1. The van der Waals surface area contributed by atoms with Crippen LogP contribution < -0.4 is 56.5 Å². The number of hydrogen-bond donors (Lipinski definition) is 0. The first kappa shape index (κ1) is 13.9. The minimum absolute atomic E-state index is 0. The largest absolute Gasteiger partial charge is 1.00 e. The summed E-state index contributed by atoms with van der Waals surface area (Å²) in [6.45, 7) is 8.83. The number of carbonyl (C=O) groups is 1. The zero-order valence-electron chi connectivity index (χ0n) is 9.36. The van der Waals surface area contributed by atoms with Crippen molar-refractivity contribution >= 4 is 5.97 Å². The van der Waals surface area contributed by atoms with Crippen molar-refractivity contribution in [1.82, 2.24) is 0 Å². The average molecular weight is 239 g/mol. The van der Waals surface area contributed by atoms with E-state index >= 15 is 0 Å². The number of carboxylic acids is 1. The van der Waals surface area contributed by atoms with Crippen molar-refractivity contribution < 1.29 is 61.3 Å². The quantitative estimate of drug-likeness (QED) is 0.429. The number of aliphatic carboxylic acids is 1. The minimum Gasteiger partial charge on any atom is -0.549 e. The predicted molar refractivity (Wildman–Crippen MR) is 52.9 cm³/mol. The summed E-state index contributed by atoms with van der Waals surface area (Å²) in [7, 11) is 0. The molecule has 2 atom stereocenters. The molecule has 0 aromatic heterocycles. The van der Waals surface area contributed by atoms with Gasteiger partial charge in [0.15, 0.2) is 0 Å². The molecule has 76 valence electrons. The van der Waals surface area contributed by atoms with Crippen LogP contribution in [0.1, 0.15) is 17.5 Å². The third-order valence-corrected chi connectivity index (χ3v) is 3.01. The number of carbonyl (C=O) groups excluding carboxylic acids is 1. The van der Waals surface area contributed by atoms with Gasteiger partial charge in [-0.05, 0) is 12.5 Å². The number of aryl methyl sites for hydroxylation is 1. The number of nitrogens with zero attached hydrogens (tertiary/aromatic N) is 1. The van der Waals surface area contributed by atoms with Crippen molar-refractivity contribution in [2.45, 2.75) is 24.8 Å². The maximum Gasteiger partial charge on any atom is 1.00 e. The monoisotopic (exact) mass is 239 g/mol. The Labute approximate surface area is 137 Å². The Morgan fingerprint density at radius 3 is 2.44 bits per heavy atom. The molecule has 0 aliphatic heterocycles. The van der Waals surface area contributed by atoms with Gasteiger partial charge in [-0.1, -0.05) is 29.8 Å². The summed E-state index contributed by atoms with van der Waals surface area (Å²) in [5, 5.41) is 11.1. The molecule has 2 unspecified atom stereocenters. The molecule has 1 saturated carbocycles. The van der Waals surface area contributed by atoms with Gasteiger partial charge in [0.25, 0.3) is 0 Å². The molecule has 0 heterocycles. The van der Waals surface area contributed by atoms with Gasteiger partial charge in [-0.15, -0.1) is 0 Å². The molecule has 3 nitrogen and oxygen atoms in total. The zero-order chi connectivity index (χ0) is 11.1. The molecule has 1 aromatic carbocycles. The van der Waals surface area contributed by atoms with E-state index in [0.29, 0.717) is 12.0 Å². The van der Waals surface area contributed by atoms with Crippen molar-refractivity contribution in [3.05, 3.63) is 46.8 Å². The van der Waals surface area contributed by atoms with Crippen molar-refractivity contribution in [3.8, 4) is 0 Å². The van der Waals surface area contributed by atoms with E-state index in [2.05, 4.69) is 4.85 Å². The van der Waals surface area contributed by atoms with Crippen LogP contribution in [-0.4, -0.2) is 12.0 Å². The Morgan fingerprint density at radius 1 is 1.50 bits per heavy atom. The van der Waals surface area contributed by atoms with Crippen molar-refractivity contribution in [2.75, 3.05) is 0 Å². The summed E-state index contributed by atoms with van der Waals surface area (Å²) in [5.74, 6) is -1.13. The van der Waals surface area contributed by atoms with Gasteiger partial charge in [-0.2, -0.15) is 0 Å². The van der Waals surface area contributed by atoms with Gasteiger partial charge in [-0.25, -0.2) is 6.57 Å². The van der Waals surface area contributed by atoms with E-state index in [-0.39, 0.29) is 51.4 Å². The summed E-state index contributed by atoms with van der Waals surface area (Å²) in [6, 6.07) is 6.82. The smallest absolute Gasteiger partial charge is 0.549 e. The van der Waals surface area contributed by atoms with E-state index in [0.717, 1.165) is 5.56 Å². The van der Waals surface area contributed by atoms with Crippen LogP contribution in [0.4, 0.5) is 0 Å². The molecule has 0 amide bonds. The van der Waals surface area contributed by atoms with E-state index in [4.69, 9.17) is 6.57 Å². The van der Waals surface area contributed by atoms with E-state index in [9.17, 15) is 9.90 Å². The van der Waals surface area contributed by atoms with Crippen molar-refractivity contribution in [3.63, 3.8) is 0 Å². The van der Waals surface area contributed by atoms with E-state index in [1.165, 1.54) is 0 Å². The summed E-state index contributed by atoms with van der Waals surface area (Å²) >= 11 is 0. The van der Waals surface area contributed by atoms with E-state index in [1.54, 1.807) is 12.1 Å². The molecular weight excluding hydrogens is 229 g/mol. The first-order chi connectivity index (χ1) is 7.11. The number of rotatable bonds is 2. The van der Waals surface area contributed by atoms with Crippen LogP contribution in [0.25, 0.3) is 4.85 Å². The molecule has 0 saturated heterocycles. The average Bonchev–Trinajstić information content (AvgIpc) is 2.94. The molecular formula is C12H10KNO2. The third kappa shape index (κ3) is 2.11. The topological polar surface area (TPSA) is 44.5 Å². The van der Waals surface area contributed by atoms with Gasteiger partial charge in [0.1, 0.15) is 5.41 Å². The summed E-state index contributed by atoms with van der Waals surface area (Å²) in [4.78, 5) is 14.4. The second-order valence-electron chi connectivity index (χ2n) is 3.97. The summed E-state index contributed by atoms with van der Waals surface area (Å²) in [6.07, 6.45) is 0.377. The van der Waals surface area contributed by atoms with Gasteiger partial charge >= 0.3 is 51.4 Å². The molecule has 0 bridgehead atoms. The third-order valence-electron chi connectivity index (χ3n) is 3.01. The fourth-order valence-corrected chi connectivity index (χ4v) is 1.90. The van der Waals surface area contributed by atoms with Crippen molar-refractivity contribution in [2.24, 2.45) is 0 Å². The SMILES string of the molecule is [C-]#[N+]C1CC1(C(=O)[O-])c1ccc(C)cc1.[K+]. The molecule has 4 heteroatoms. The Kier molecular flexibility index (Phi) is 4.33. The molecule has 1 aliphatic carbocycles. The first-order valence-electron chi connectivity index (χ1n) is 4.76. The second-order valence-corrected chi connectivity index (χ2v) is 3.97. The second kappa shape index (κ2) is 4.99. The maximum absolute atomic E-state index is 11.1. The van der Waals surface area contributed by atoms with Gasteiger partial charge in [0.2, 0.25) is 6.04 Å². The molecule has 0 spiro atoms. The van der Waals surface area contributed by atoms with Crippen LogP contribution >= 0.6 is 0 Å². The van der Waals surface area contributed by atoms with Gasteiger partial charge in [-0.3, -0.25) is 0 Å². The van der Waals surface area contributed by atoms with E-state index < -0.39 is 17.4 Å². The number of benzene rings is 1. The minimum atomic E-state index is -1.13. The molecule has 1 aliphatic rings. The van der Waals surface area contributed by atoms with Gasteiger partial charge in [0.05, 0.1) is 5.97 Å². The van der Waals surface area contributed by atoms with Crippen LogP contribution in [0.3, 0.4) is 0 Å². The molecule has 1 aromatic rings. The van der Waals surface area contributed by atoms with Gasteiger partial charge in [0, 0.05) is 6.42 Å². The standard InChI is InChI=1S/C12H11NO2.K/c1-8-3-5-9(6-4-8)12(11(14)15)7-10(12)13-2;/h3-6,10H,7H2,1H3,(H,14,15);/q;+1/p-1. The molecule has 2 rings (SSSR count). The Balaban J connectivity index is 0.00000128. The fourth-order valence-electron chi connectivity index (χ4n) is 1.90. The van der Waals surface area contributed by atoms with E-state index in [1.807, 2.05) is 19.1 Å². The Bertz CT molecular complexity index is 449. The Hall–Kier alpha value is -0.184. The molecule has 0 N–H and O–H groups in total. The first-order valence-corrected chi connectivity index (χ1v) is 4.76. The Morgan fingerprint density at radius 2 is 2.06 bits per heavy atom. The van der Waals surface area contributed by atoms with Crippen LogP contribution in [0.5, 0.6) is 0 Å². The zero-order valence-corrected chi connectivity index (χ0v) is 12.5. The fraction of sp³-hybridized carbons (Fsp3) is 0.333. The van der Waals surface area contributed by atoms with Crippen molar-refractivity contribution in [1.29, 1.82) is 0 Å². The van der Waals surface area contributed by atoms with Crippen LogP contribution in [0.15, 0.2) is 24.3 Å². The molecule has 0 radical (unpaired) electrons. The van der Waals surface area contributed by atoms with Crippen LogP contribution in [0.2, 0.25) is 0 Å². The number of hydrogen-bond acceptors (Lipinski definition) is 2. The van der Waals surface area contributed by atoms with Crippen LogP contribution in [0, 0.1) is 13.5 Å². The summed E-state index contributed by atoms with van der Waals surface area (Å²) in [5.41, 5.74) is 0.719. The number of carboxylic acid groups (broad SMARTS) is 1. The normalized spacial score (nSPS) is 26.4.